The number of rotatable bonds is 1. The maximum atomic E-state index is 10.2. The lowest BCUT2D eigenvalue weighted by Crippen LogP contribution is -1.83. The smallest absolute Gasteiger partial charge is 0.149 e. The van der Waals surface area contributed by atoms with Gasteiger partial charge in [0.15, 0.2) is 0 Å². The maximum Gasteiger partial charge on any atom is 0.149 e. The van der Waals surface area contributed by atoms with Crippen molar-refractivity contribution in [3.05, 3.63) is 60.8 Å². The van der Waals surface area contributed by atoms with Gasteiger partial charge in [0.05, 0.1) is 0 Å². The summed E-state index contributed by atoms with van der Waals surface area (Å²) in [4.78, 5) is 4.22. The van der Waals surface area contributed by atoms with Crippen LogP contribution in [0.5, 0.6) is 5.75 Å². The molecule has 2 aromatic carbocycles. The molecule has 0 fully saturated rings. The lowest BCUT2D eigenvalue weighted by molar-refractivity contribution is 0.482. The molecule has 0 aliphatic rings. The van der Waals surface area contributed by atoms with Gasteiger partial charge < -0.3 is 5.11 Å². The topological polar surface area (TPSA) is 33.1 Å². The molecule has 0 aliphatic heterocycles. The summed E-state index contributed by atoms with van der Waals surface area (Å²) in [6.45, 7) is 0. The molecule has 0 amide bonds. The van der Waals surface area contributed by atoms with Crippen LogP contribution in [-0.2, 0) is 0 Å². The van der Waals surface area contributed by atoms with E-state index in [0.717, 1.165) is 16.5 Å². The highest BCUT2D eigenvalue weighted by Crippen LogP contribution is 2.34. The summed E-state index contributed by atoms with van der Waals surface area (Å²) in [6, 6.07) is 17.5. The van der Waals surface area contributed by atoms with E-state index in [0.29, 0.717) is 5.52 Å². The standard InChI is InChI=1S/C15H11NO/c17-15-13(11-5-2-1-3-6-11)9-8-12-7-4-10-16-14(12)15/h1-10,17H. The molecule has 82 valence electrons. The third-order valence-electron chi connectivity index (χ3n) is 2.83. The second kappa shape index (κ2) is 3.91. The number of phenols is 1. The summed E-state index contributed by atoms with van der Waals surface area (Å²) >= 11 is 0. The Bertz CT molecular complexity index is 662. The van der Waals surface area contributed by atoms with Crippen molar-refractivity contribution in [1.82, 2.24) is 4.98 Å². The summed E-state index contributed by atoms with van der Waals surface area (Å²) in [5.74, 6) is 0.245. The minimum absolute atomic E-state index is 0.245. The number of fused-ring (bicyclic) bond motifs is 1. The van der Waals surface area contributed by atoms with Crippen molar-refractivity contribution >= 4 is 10.9 Å². The normalized spacial score (nSPS) is 10.6. The van der Waals surface area contributed by atoms with Crippen molar-refractivity contribution in [2.24, 2.45) is 0 Å². The molecule has 3 rings (SSSR count). The fraction of sp³-hybridized carbons (Fsp3) is 0. The lowest BCUT2D eigenvalue weighted by atomic mass is 10.0. The predicted octanol–water partition coefficient (Wildman–Crippen LogP) is 3.61. The van der Waals surface area contributed by atoms with Gasteiger partial charge in [0.25, 0.3) is 0 Å². The van der Waals surface area contributed by atoms with Gasteiger partial charge in [-0.05, 0) is 17.7 Å². The first-order valence-corrected chi connectivity index (χ1v) is 5.48. The van der Waals surface area contributed by atoms with Gasteiger partial charge in [-0.3, -0.25) is 4.98 Å². The molecule has 1 heterocycles. The third-order valence-corrected chi connectivity index (χ3v) is 2.83. The van der Waals surface area contributed by atoms with E-state index in [4.69, 9.17) is 0 Å². The van der Waals surface area contributed by atoms with Crippen LogP contribution in [0, 0.1) is 0 Å². The first kappa shape index (κ1) is 9.85. The molecule has 0 unspecified atom stereocenters. The quantitative estimate of drug-likeness (QED) is 0.681. The van der Waals surface area contributed by atoms with E-state index in [2.05, 4.69) is 4.98 Å². The SMILES string of the molecule is Oc1c(-c2ccccc2)ccc2cccnc12. The number of phenolic OH excluding ortho intramolecular Hbond substituents is 1. The maximum absolute atomic E-state index is 10.2. The molecule has 1 aromatic heterocycles. The number of aromatic nitrogens is 1. The first-order chi connectivity index (χ1) is 8.36. The van der Waals surface area contributed by atoms with Gasteiger partial charge in [-0.25, -0.2) is 0 Å². The van der Waals surface area contributed by atoms with Crippen LogP contribution < -0.4 is 0 Å². The Kier molecular flexibility index (Phi) is 2.26. The van der Waals surface area contributed by atoms with Crippen molar-refractivity contribution in [2.75, 3.05) is 0 Å². The van der Waals surface area contributed by atoms with Crippen LogP contribution in [0.25, 0.3) is 22.0 Å². The molecule has 17 heavy (non-hydrogen) atoms. The molecule has 0 aliphatic carbocycles. The van der Waals surface area contributed by atoms with Gasteiger partial charge >= 0.3 is 0 Å². The highest BCUT2D eigenvalue weighted by Gasteiger charge is 2.08. The largest absolute Gasteiger partial charge is 0.505 e. The van der Waals surface area contributed by atoms with Crippen LogP contribution >= 0.6 is 0 Å². The number of nitrogens with zero attached hydrogens (tertiary/aromatic N) is 1. The Morgan fingerprint density at radius 3 is 2.47 bits per heavy atom. The summed E-state index contributed by atoms with van der Waals surface area (Å²) < 4.78 is 0. The van der Waals surface area contributed by atoms with Crippen molar-refractivity contribution in [1.29, 1.82) is 0 Å². The summed E-state index contributed by atoms with van der Waals surface area (Å²) in [5.41, 5.74) is 2.46. The molecular formula is C15H11NO. The molecular weight excluding hydrogens is 210 g/mol. The lowest BCUT2D eigenvalue weighted by Gasteiger charge is -2.07. The van der Waals surface area contributed by atoms with E-state index in [1.165, 1.54) is 0 Å². The molecule has 1 N–H and O–H groups in total. The molecule has 2 nitrogen and oxygen atoms in total. The minimum Gasteiger partial charge on any atom is -0.505 e. The van der Waals surface area contributed by atoms with Crippen molar-refractivity contribution < 1.29 is 5.11 Å². The second-order valence-corrected chi connectivity index (χ2v) is 3.90. The first-order valence-electron chi connectivity index (χ1n) is 5.48. The Hall–Kier alpha value is -2.35. The van der Waals surface area contributed by atoms with E-state index < -0.39 is 0 Å². The molecule has 0 bridgehead atoms. The molecule has 3 aromatic rings. The number of hydrogen-bond donors (Lipinski definition) is 1. The van der Waals surface area contributed by atoms with Crippen LogP contribution in [0.3, 0.4) is 0 Å². The average Bonchev–Trinajstić information content (AvgIpc) is 2.40. The van der Waals surface area contributed by atoms with Gasteiger partial charge in [0, 0.05) is 17.1 Å². The highest BCUT2D eigenvalue weighted by molar-refractivity contribution is 5.91. The zero-order chi connectivity index (χ0) is 11.7. The van der Waals surface area contributed by atoms with Gasteiger partial charge in [0.2, 0.25) is 0 Å². The van der Waals surface area contributed by atoms with Crippen LogP contribution in [0.4, 0.5) is 0 Å². The Balaban J connectivity index is 2.29. The third kappa shape index (κ3) is 1.64. The van der Waals surface area contributed by atoms with Crippen LogP contribution in [0.15, 0.2) is 60.8 Å². The highest BCUT2D eigenvalue weighted by atomic mass is 16.3. The van der Waals surface area contributed by atoms with Crippen LogP contribution in [0.2, 0.25) is 0 Å². The van der Waals surface area contributed by atoms with E-state index >= 15 is 0 Å². The number of benzene rings is 2. The fourth-order valence-corrected chi connectivity index (χ4v) is 1.98. The predicted molar refractivity (Wildman–Crippen MR) is 68.8 cm³/mol. The Morgan fingerprint density at radius 2 is 1.65 bits per heavy atom. The van der Waals surface area contributed by atoms with Crippen molar-refractivity contribution in [3.63, 3.8) is 0 Å². The zero-order valence-corrected chi connectivity index (χ0v) is 9.17. The molecule has 2 heteroatoms. The van der Waals surface area contributed by atoms with E-state index in [1.807, 2.05) is 54.6 Å². The van der Waals surface area contributed by atoms with Gasteiger partial charge in [-0.2, -0.15) is 0 Å². The molecule has 0 atom stereocenters. The summed E-state index contributed by atoms with van der Waals surface area (Å²) in [5, 5.41) is 11.2. The van der Waals surface area contributed by atoms with Gasteiger partial charge in [0.1, 0.15) is 11.3 Å². The fourth-order valence-electron chi connectivity index (χ4n) is 1.98. The molecule has 0 radical (unpaired) electrons. The Labute approximate surface area is 99.2 Å². The van der Waals surface area contributed by atoms with Gasteiger partial charge in [-0.1, -0.05) is 42.5 Å². The number of hydrogen-bond acceptors (Lipinski definition) is 2. The second-order valence-electron chi connectivity index (χ2n) is 3.90. The molecule has 0 saturated heterocycles. The number of aromatic hydroxyl groups is 1. The monoisotopic (exact) mass is 221 g/mol. The Morgan fingerprint density at radius 1 is 0.824 bits per heavy atom. The zero-order valence-electron chi connectivity index (χ0n) is 9.17. The average molecular weight is 221 g/mol. The molecule has 0 spiro atoms. The molecule has 0 saturated carbocycles. The summed E-state index contributed by atoms with van der Waals surface area (Å²) in [6.07, 6.45) is 1.69. The van der Waals surface area contributed by atoms with Crippen LogP contribution in [-0.4, -0.2) is 10.1 Å². The number of pyridine rings is 1. The summed E-state index contributed by atoms with van der Waals surface area (Å²) in [7, 11) is 0. The van der Waals surface area contributed by atoms with Gasteiger partial charge in [-0.15, -0.1) is 0 Å². The minimum atomic E-state index is 0.245. The van der Waals surface area contributed by atoms with E-state index in [1.54, 1.807) is 6.20 Å². The van der Waals surface area contributed by atoms with Crippen LogP contribution in [0.1, 0.15) is 0 Å². The van der Waals surface area contributed by atoms with E-state index in [9.17, 15) is 5.11 Å². The van der Waals surface area contributed by atoms with E-state index in [-0.39, 0.29) is 5.75 Å². The van der Waals surface area contributed by atoms with Crippen molar-refractivity contribution in [2.45, 2.75) is 0 Å². The van der Waals surface area contributed by atoms with Crippen molar-refractivity contribution in [3.8, 4) is 16.9 Å².